The van der Waals surface area contributed by atoms with E-state index in [-0.39, 0.29) is 29.1 Å². The molecule has 2 aromatic heterocycles. The minimum atomic E-state index is -0.357. The van der Waals surface area contributed by atoms with Crippen LogP contribution in [0.3, 0.4) is 0 Å². The maximum absolute atomic E-state index is 13.0. The Morgan fingerprint density at radius 1 is 0.895 bits per heavy atom. The van der Waals surface area contributed by atoms with Crippen molar-refractivity contribution in [3.05, 3.63) is 78.6 Å². The maximum Gasteiger partial charge on any atom is 0.234 e. The Hall–Kier alpha value is -3.74. The van der Waals surface area contributed by atoms with Gasteiger partial charge in [-0.15, -0.1) is 21.5 Å². The van der Waals surface area contributed by atoms with Crippen molar-refractivity contribution in [1.29, 1.82) is 0 Å². The number of thioether (sulfide) groups is 2. The number of amides is 2. The molecule has 0 aliphatic carbocycles. The minimum Gasteiger partial charge on any atom is -0.325 e. The smallest absolute Gasteiger partial charge is 0.234 e. The van der Waals surface area contributed by atoms with Crippen molar-refractivity contribution in [2.45, 2.75) is 9.50 Å². The fraction of sp³-hybridized carbons (Fsp3) is 0.115. The summed E-state index contributed by atoms with van der Waals surface area (Å²) in [4.78, 5) is 29.4. The van der Waals surface area contributed by atoms with Gasteiger partial charge in [-0.1, -0.05) is 53.9 Å². The molecule has 8 nitrogen and oxygen atoms in total. The molecule has 5 aromatic rings. The highest BCUT2D eigenvalue weighted by atomic mass is 32.2. The highest BCUT2D eigenvalue weighted by Gasteiger charge is 2.14. The number of anilines is 2. The molecule has 2 heterocycles. The van der Waals surface area contributed by atoms with E-state index >= 15 is 0 Å². The minimum absolute atomic E-state index is 0.157. The number of nitrogens with one attached hydrogen (secondary N) is 2. The first-order valence-corrected chi connectivity index (χ1v) is 14.2. The summed E-state index contributed by atoms with van der Waals surface area (Å²) in [5.41, 5.74) is 2.95. The molecule has 192 valence electrons. The molecule has 2 amide bonds. The SMILES string of the molecule is Cn1c(SCC(=O)Nc2ccc3nc(SCC(=O)Nc4ccc(F)cc4)sc3c2)nnc1-c1ccccc1. The van der Waals surface area contributed by atoms with E-state index in [1.54, 1.807) is 6.07 Å². The van der Waals surface area contributed by atoms with E-state index in [1.165, 1.54) is 59.1 Å². The van der Waals surface area contributed by atoms with Gasteiger partial charge in [0.15, 0.2) is 15.3 Å². The van der Waals surface area contributed by atoms with Gasteiger partial charge in [0, 0.05) is 24.0 Å². The van der Waals surface area contributed by atoms with Crippen molar-refractivity contribution < 1.29 is 14.0 Å². The second-order valence-electron chi connectivity index (χ2n) is 8.07. The Bertz CT molecular complexity index is 1590. The summed E-state index contributed by atoms with van der Waals surface area (Å²) < 4.78 is 16.5. The van der Waals surface area contributed by atoms with E-state index in [0.717, 1.165) is 25.9 Å². The number of halogens is 1. The first-order valence-electron chi connectivity index (χ1n) is 11.4. The van der Waals surface area contributed by atoms with E-state index in [0.29, 0.717) is 16.5 Å². The lowest BCUT2D eigenvalue weighted by Gasteiger charge is -2.06. The summed E-state index contributed by atoms with van der Waals surface area (Å²) in [6.45, 7) is 0. The van der Waals surface area contributed by atoms with Crippen LogP contribution in [0, 0.1) is 5.82 Å². The molecule has 0 radical (unpaired) electrons. The monoisotopic (exact) mass is 564 g/mol. The van der Waals surface area contributed by atoms with Crippen molar-refractivity contribution in [3.63, 3.8) is 0 Å². The zero-order chi connectivity index (χ0) is 26.5. The third kappa shape index (κ3) is 6.39. The lowest BCUT2D eigenvalue weighted by Crippen LogP contribution is -2.14. The average molecular weight is 565 g/mol. The number of hydrogen-bond acceptors (Lipinski definition) is 8. The predicted octanol–water partition coefficient (Wildman–Crippen LogP) is 5.69. The summed E-state index contributed by atoms with van der Waals surface area (Å²) >= 11 is 4.08. The molecule has 0 saturated carbocycles. The average Bonchev–Trinajstić information content (AvgIpc) is 3.50. The van der Waals surface area contributed by atoms with E-state index in [2.05, 4.69) is 25.8 Å². The van der Waals surface area contributed by atoms with Gasteiger partial charge in [0.05, 0.1) is 21.7 Å². The molecule has 0 aliphatic rings. The Balaban J connectivity index is 1.14. The van der Waals surface area contributed by atoms with Crippen LogP contribution >= 0.6 is 34.9 Å². The van der Waals surface area contributed by atoms with Gasteiger partial charge in [-0.05, 0) is 42.5 Å². The molecule has 38 heavy (non-hydrogen) atoms. The second kappa shape index (κ2) is 11.8. The molecule has 5 rings (SSSR count). The summed E-state index contributed by atoms with van der Waals surface area (Å²) in [7, 11) is 1.88. The van der Waals surface area contributed by atoms with Crippen LogP contribution in [0.4, 0.5) is 15.8 Å². The number of nitrogens with zero attached hydrogens (tertiary/aromatic N) is 4. The summed E-state index contributed by atoms with van der Waals surface area (Å²) in [5.74, 6) is 0.382. The molecular weight excluding hydrogens is 544 g/mol. The normalized spacial score (nSPS) is 11.0. The predicted molar refractivity (Wildman–Crippen MR) is 151 cm³/mol. The molecule has 0 fully saturated rings. The molecular formula is C26H21FN6O2S3. The summed E-state index contributed by atoms with van der Waals surface area (Å²) in [5, 5.41) is 14.8. The van der Waals surface area contributed by atoms with Gasteiger partial charge in [0.25, 0.3) is 0 Å². The fourth-order valence-electron chi connectivity index (χ4n) is 3.51. The summed E-state index contributed by atoms with van der Waals surface area (Å²) in [6, 6.07) is 20.9. The number of aromatic nitrogens is 4. The van der Waals surface area contributed by atoms with Gasteiger partial charge in [-0.2, -0.15) is 0 Å². The highest BCUT2D eigenvalue weighted by Crippen LogP contribution is 2.31. The van der Waals surface area contributed by atoms with Crippen molar-refractivity contribution in [3.8, 4) is 11.4 Å². The molecule has 0 atom stereocenters. The Kier molecular flexibility index (Phi) is 8.01. The van der Waals surface area contributed by atoms with E-state index in [4.69, 9.17) is 0 Å². The number of benzene rings is 3. The lowest BCUT2D eigenvalue weighted by molar-refractivity contribution is -0.114. The molecule has 0 bridgehead atoms. The zero-order valence-electron chi connectivity index (χ0n) is 20.1. The van der Waals surface area contributed by atoms with Gasteiger partial charge in [0.1, 0.15) is 5.82 Å². The van der Waals surface area contributed by atoms with Crippen molar-refractivity contribution in [1.82, 2.24) is 19.7 Å². The fourth-order valence-corrected chi connectivity index (χ4v) is 6.13. The topological polar surface area (TPSA) is 102 Å². The molecule has 0 saturated heterocycles. The quantitative estimate of drug-likeness (QED) is 0.222. The highest BCUT2D eigenvalue weighted by molar-refractivity contribution is 8.01. The summed E-state index contributed by atoms with van der Waals surface area (Å²) in [6.07, 6.45) is 0. The maximum atomic E-state index is 13.0. The van der Waals surface area contributed by atoms with Gasteiger partial charge in [-0.3, -0.25) is 9.59 Å². The van der Waals surface area contributed by atoms with Crippen LogP contribution in [0.2, 0.25) is 0 Å². The molecule has 0 unspecified atom stereocenters. The molecule has 3 aromatic carbocycles. The Labute approximate surface area is 230 Å². The van der Waals surface area contributed by atoms with Crippen LogP contribution in [-0.2, 0) is 16.6 Å². The van der Waals surface area contributed by atoms with Crippen molar-refractivity contribution >= 4 is 68.3 Å². The number of thiazole rings is 1. The van der Waals surface area contributed by atoms with Gasteiger partial charge >= 0.3 is 0 Å². The number of hydrogen-bond donors (Lipinski definition) is 2. The first-order chi connectivity index (χ1) is 18.4. The van der Waals surface area contributed by atoms with Crippen LogP contribution in [0.1, 0.15) is 0 Å². The van der Waals surface area contributed by atoms with Crippen LogP contribution in [0.15, 0.2) is 82.3 Å². The molecule has 0 aliphatic heterocycles. The lowest BCUT2D eigenvalue weighted by atomic mass is 10.2. The molecule has 2 N–H and O–H groups in total. The standard InChI is InChI=1S/C26H21FN6O2S3/c1-33-24(16-5-3-2-4-6-16)31-32-25(33)36-14-22(34)29-19-11-12-20-21(13-19)38-26(30-20)37-15-23(35)28-18-9-7-17(27)8-10-18/h2-13H,14-15H2,1H3,(H,28,35)(H,29,34). The Morgan fingerprint density at radius 3 is 2.34 bits per heavy atom. The number of carbonyl (C=O) groups excluding carboxylic acids is 2. The molecule has 12 heteroatoms. The van der Waals surface area contributed by atoms with Crippen molar-refractivity contribution in [2.24, 2.45) is 7.05 Å². The second-order valence-corrected chi connectivity index (χ2v) is 11.3. The first kappa shape index (κ1) is 25.9. The van der Waals surface area contributed by atoms with Gasteiger partial charge in [-0.25, -0.2) is 9.37 Å². The van der Waals surface area contributed by atoms with Gasteiger partial charge in [0.2, 0.25) is 11.8 Å². The number of fused-ring (bicyclic) bond motifs is 1. The van der Waals surface area contributed by atoms with E-state index in [9.17, 15) is 14.0 Å². The third-order valence-corrected chi connectivity index (χ3v) is 8.49. The van der Waals surface area contributed by atoms with Crippen LogP contribution in [0.25, 0.3) is 21.6 Å². The van der Waals surface area contributed by atoms with Crippen LogP contribution in [-0.4, -0.2) is 43.1 Å². The number of carbonyl (C=O) groups is 2. The van der Waals surface area contributed by atoms with Crippen molar-refractivity contribution in [2.75, 3.05) is 22.1 Å². The largest absolute Gasteiger partial charge is 0.325 e. The number of rotatable bonds is 9. The van der Waals surface area contributed by atoms with Crippen LogP contribution in [0.5, 0.6) is 0 Å². The zero-order valence-corrected chi connectivity index (χ0v) is 22.5. The molecule has 0 spiro atoms. The Morgan fingerprint density at radius 2 is 1.58 bits per heavy atom. The van der Waals surface area contributed by atoms with E-state index < -0.39 is 0 Å². The van der Waals surface area contributed by atoms with E-state index in [1.807, 2.05) is 54.1 Å². The third-order valence-electron chi connectivity index (χ3n) is 5.31. The van der Waals surface area contributed by atoms with Gasteiger partial charge < -0.3 is 15.2 Å². The van der Waals surface area contributed by atoms with Crippen LogP contribution < -0.4 is 10.6 Å².